The largest absolute Gasteiger partial charge is 0.460 e. The highest BCUT2D eigenvalue weighted by Gasteiger charge is 2.43. The maximum absolute atomic E-state index is 15.6. The molecule has 0 spiro atoms. The van der Waals surface area contributed by atoms with Crippen LogP contribution in [0.4, 0.5) is 4.39 Å². The number of nitrogens with two attached hydrogens (primary N) is 1. The molecule has 0 bridgehead atoms. The summed E-state index contributed by atoms with van der Waals surface area (Å²) in [6.07, 6.45) is 1.41. The maximum Gasteiger partial charge on any atom is 0.306 e. The predicted molar refractivity (Wildman–Crippen MR) is 122 cm³/mol. The first-order valence-electron chi connectivity index (χ1n) is 10.6. The number of esters is 1. The second kappa shape index (κ2) is 9.47. The van der Waals surface area contributed by atoms with Gasteiger partial charge in [0.1, 0.15) is 17.5 Å². The molecule has 7 nitrogen and oxygen atoms in total. The van der Waals surface area contributed by atoms with Crippen LogP contribution < -0.4 is 5.73 Å². The molecule has 3 rings (SSSR count). The third-order valence-electron chi connectivity index (χ3n) is 5.44. The lowest BCUT2D eigenvalue weighted by molar-refractivity contribution is -0.155. The monoisotopic (exact) mass is 475 g/mol. The molecule has 0 radical (unpaired) electrons. The molecule has 1 aromatic heterocycles. The van der Waals surface area contributed by atoms with Crippen molar-refractivity contribution in [3.63, 3.8) is 0 Å². The molecule has 2 atom stereocenters. The molecule has 9 heteroatoms. The van der Waals surface area contributed by atoms with Crippen LogP contribution in [-0.2, 0) is 20.2 Å². The molecule has 0 saturated carbocycles. The summed E-state index contributed by atoms with van der Waals surface area (Å²) in [5.41, 5.74) is 6.62. The Bertz CT molecular complexity index is 1100. The third kappa shape index (κ3) is 5.16. The number of nitrogens with zero attached hydrogens (tertiary/aromatic N) is 2. The summed E-state index contributed by atoms with van der Waals surface area (Å²) in [7, 11) is 0. The lowest BCUT2D eigenvalue weighted by Gasteiger charge is -2.30. The molecular formula is C24H27ClFN3O4. The Kier molecular flexibility index (Phi) is 7.07. The first-order valence-corrected chi connectivity index (χ1v) is 11.2. The fraction of sp³-hybridized carbons (Fsp3) is 0.417. The molecule has 176 valence electrons. The van der Waals surface area contributed by atoms with Gasteiger partial charge in [-0.05, 0) is 63.9 Å². The Morgan fingerprint density at radius 2 is 1.94 bits per heavy atom. The van der Waals surface area contributed by atoms with Crippen LogP contribution in [0.1, 0.15) is 68.1 Å². The van der Waals surface area contributed by atoms with E-state index in [0.717, 1.165) is 5.56 Å². The number of hydrogen-bond acceptors (Lipinski definition) is 5. The number of primary amides is 1. The first kappa shape index (κ1) is 24.6. The van der Waals surface area contributed by atoms with Gasteiger partial charge in [-0.1, -0.05) is 0 Å². The van der Waals surface area contributed by atoms with E-state index < -0.39 is 41.3 Å². The summed E-state index contributed by atoms with van der Waals surface area (Å²) in [6.45, 7) is 6.83. The number of rotatable bonds is 7. The van der Waals surface area contributed by atoms with E-state index in [0.29, 0.717) is 5.69 Å². The highest BCUT2D eigenvalue weighted by molar-refractivity contribution is 6.17. The van der Waals surface area contributed by atoms with Crippen LogP contribution >= 0.6 is 11.6 Å². The molecule has 0 saturated heterocycles. The number of benzene rings is 1. The van der Waals surface area contributed by atoms with Crippen molar-refractivity contribution in [3.8, 4) is 11.3 Å². The smallest absolute Gasteiger partial charge is 0.306 e. The van der Waals surface area contributed by atoms with Gasteiger partial charge in [-0.3, -0.25) is 19.4 Å². The number of aromatic nitrogens is 1. The predicted octanol–water partition coefficient (Wildman–Crippen LogP) is 4.12. The van der Waals surface area contributed by atoms with E-state index in [1.807, 2.05) is 0 Å². The molecule has 2 aromatic rings. The van der Waals surface area contributed by atoms with E-state index in [-0.39, 0.29) is 35.4 Å². The van der Waals surface area contributed by atoms with Crippen molar-refractivity contribution in [1.29, 1.82) is 0 Å². The average molecular weight is 476 g/mol. The van der Waals surface area contributed by atoms with Crippen molar-refractivity contribution >= 4 is 29.4 Å². The minimum absolute atomic E-state index is 0.0257. The van der Waals surface area contributed by atoms with Crippen LogP contribution in [-0.4, -0.2) is 39.3 Å². The number of carbonyl (C=O) groups is 3. The Hall–Kier alpha value is -3.00. The van der Waals surface area contributed by atoms with E-state index in [2.05, 4.69) is 4.98 Å². The molecule has 1 aromatic carbocycles. The highest BCUT2D eigenvalue weighted by Crippen LogP contribution is 2.40. The van der Waals surface area contributed by atoms with Crippen LogP contribution in [0.25, 0.3) is 11.3 Å². The maximum atomic E-state index is 15.6. The molecule has 33 heavy (non-hydrogen) atoms. The normalized spacial score (nSPS) is 16.5. The summed E-state index contributed by atoms with van der Waals surface area (Å²) >= 11 is 5.88. The number of pyridine rings is 1. The van der Waals surface area contributed by atoms with Gasteiger partial charge in [-0.25, -0.2) is 4.39 Å². The average Bonchev–Trinajstić information content (AvgIpc) is 2.98. The van der Waals surface area contributed by atoms with Gasteiger partial charge >= 0.3 is 5.97 Å². The van der Waals surface area contributed by atoms with Crippen LogP contribution in [0.5, 0.6) is 0 Å². The zero-order chi connectivity index (χ0) is 24.5. The van der Waals surface area contributed by atoms with Crippen LogP contribution in [0.15, 0.2) is 30.5 Å². The Morgan fingerprint density at radius 3 is 2.55 bits per heavy atom. The quantitative estimate of drug-likeness (QED) is 0.479. The molecule has 2 amide bonds. The summed E-state index contributed by atoms with van der Waals surface area (Å²) in [4.78, 5) is 43.0. The van der Waals surface area contributed by atoms with E-state index in [9.17, 15) is 14.4 Å². The lowest BCUT2D eigenvalue weighted by atomic mass is 9.98. The molecule has 2 N–H and O–H groups in total. The van der Waals surface area contributed by atoms with Crippen molar-refractivity contribution in [1.82, 2.24) is 9.88 Å². The number of ether oxygens (including phenoxy) is 1. The summed E-state index contributed by atoms with van der Waals surface area (Å²) in [6, 6.07) is 4.57. The number of carbonyl (C=O) groups excluding carboxylic acids is 3. The lowest BCUT2D eigenvalue weighted by Crippen LogP contribution is -2.46. The van der Waals surface area contributed by atoms with Crippen molar-refractivity contribution in [3.05, 3.63) is 53.0 Å². The second-order valence-corrected chi connectivity index (χ2v) is 9.27. The van der Waals surface area contributed by atoms with Crippen molar-refractivity contribution in [2.45, 2.75) is 64.1 Å². The van der Waals surface area contributed by atoms with Gasteiger partial charge in [0.2, 0.25) is 5.91 Å². The Labute approximate surface area is 197 Å². The molecule has 0 aliphatic carbocycles. The summed E-state index contributed by atoms with van der Waals surface area (Å²) < 4.78 is 20.9. The van der Waals surface area contributed by atoms with E-state index in [1.165, 1.54) is 17.0 Å². The molecule has 1 unspecified atom stereocenters. The fourth-order valence-corrected chi connectivity index (χ4v) is 4.19. The van der Waals surface area contributed by atoms with E-state index in [4.69, 9.17) is 22.1 Å². The van der Waals surface area contributed by atoms with Crippen LogP contribution in [0.3, 0.4) is 0 Å². The summed E-state index contributed by atoms with van der Waals surface area (Å²) in [5, 5.41) is 0. The molecule has 1 aliphatic heterocycles. The molecular weight excluding hydrogens is 449 g/mol. The van der Waals surface area contributed by atoms with Crippen LogP contribution in [0.2, 0.25) is 0 Å². The minimum Gasteiger partial charge on any atom is -0.460 e. The fourth-order valence-electron chi connectivity index (χ4n) is 4.02. The number of halogens is 2. The molecule has 0 fully saturated rings. The Balaban J connectivity index is 1.91. The van der Waals surface area contributed by atoms with Gasteiger partial charge in [0.15, 0.2) is 0 Å². The van der Waals surface area contributed by atoms with Gasteiger partial charge in [-0.2, -0.15) is 0 Å². The zero-order valence-corrected chi connectivity index (χ0v) is 19.8. The first-order chi connectivity index (χ1) is 15.4. The van der Waals surface area contributed by atoms with Crippen molar-refractivity contribution < 1.29 is 23.5 Å². The second-order valence-electron chi connectivity index (χ2n) is 9.00. The van der Waals surface area contributed by atoms with Gasteiger partial charge in [-0.15, -0.1) is 11.6 Å². The van der Waals surface area contributed by atoms with Crippen LogP contribution in [0, 0.1) is 5.82 Å². The number of fused-ring (bicyclic) bond motifs is 1. The topological polar surface area (TPSA) is 103 Å². The Morgan fingerprint density at radius 1 is 1.27 bits per heavy atom. The summed E-state index contributed by atoms with van der Waals surface area (Å²) in [5.74, 6) is -2.14. The molecule has 2 heterocycles. The van der Waals surface area contributed by atoms with E-state index in [1.54, 1.807) is 46.0 Å². The zero-order valence-electron chi connectivity index (χ0n) is 19.0. The van der Waals surface area contributed by atoms with Crippen molar-refractivity contribution in [2.75, 3.05) is 0 Å². The van der Waals surface area contributed by atoms with Gasteiger partial charge in [0, 0.05) is 35.2 Å². The number of hydrogen-bond donors (Lipinski definition) is 1. The standard InChI is InChI=1S/C24H27ClFN3O4/c1-13-20-16(6-5-15(21(20)26)17-11-14(12-25)9-10-28-17)23(32)29(13)18(22(27)31)7-8-19(30)33-24(2,3)4/h5-6,9-11,13,18H,7-8,12H2,1-4H3,(H2,27,31)/t13-,18?/m1/s1. The molecule has 1 aliphatic rings. The van der Waals surface area contributed by atoms with Gasteiger partial charge in [0.25, 0.3) is 5.91 Å². The van der Waals surface area contributed by atoms with Gasteiger partial charge in [0.05, 0.1) is 11.7 Å². The number of amides is 2. The van der Waals surface area contributed by atoms with Crippen molar-refractivity contribution in [2.24, 2.45) is 5.73 Å². The number of alkyl halides is 1. The highest BCUT2D eigenvalue weighted by atomic mass is 35.5. The van der Waals surface area contributed by atoms with E-state index >= 15 is 4.39 Å². The third-order valence-corrected chi connectivity index (χ3v) is 5.75. The SMILES string of the molecule is C[C@@H]1c2c(ccc(-c3cc(CCl)ccn3)c2F)C(=O)N1C(CCC(=O)OC(C)(C)C)C(N)=O. The van der Waals surface area contributed by atoms with Gasteiger partial charge < -0.3 is 15.4 Å². The minimum atomic E-state index is -1.09.